The van der Waals surface area contributed by atoms with Crippen LogP contribution in [0.25, 0.3) is 0 Å². The molecule has 1 rings (SSSR count). The number of aromatic nitrogens is 1. The van der Waals surface area contributed by atoms with E-state index in [4.69, 9.17) is 4.74 Å². The average Bonchev–Trinajstić information content (AvgIpc) is 2.30. The van der Waals surface area contributed by atoms with Gasteiger partial charge in [-0.15, -0.1) is 0 Å². The van der Waals surface area contributed by atoms with Crippen LogP contribution in [-0.4, -0.2) is 22.8 Å². The van der Waals surface area contributed by atoms with Crippen molar-refractivity contribution in [2.75, 3.05) is 6.54 Å². The van der Waals surface area contributed by atoms with Crippen LogP contribution in [0.2, 0.25) is 0 Å². The fourth-order valence-electron chi connectivity index (χ4n) is 1.51. The molecule has 1 amide bonds. The lowest BCUT2D eigenvalue weighted by Crippen LogP contribution is -2.35. The van der Waals surface area contributed by atoms with Gasteiger partial charge < -0.3 is 14.6 Å². The average molecular weight is 385 g/mol. The summed E-state index contributed by atoms with van der Waals surface area (Å²) in [5.41, 5.74) is -2.24. The Morgan fingerprint density at radius 1 is 1.36 bits per heavy atom. The highest BCUT2D eigenvalue weighted by atomic mass is 79.9. The van der Waals surface area contributed by atoms with Gasteiger partial charge in [-0.1, -0.05) is 0 Å². The van der Waals surface area contributed by atoms with E-state index in [1.165, 1.54) is 0 Å². The van der Waals surface area contributed by atoms with Crippen molar-refractivity contribution in [3.63, 3.8) is 0 Å². The summed E-state index contributed by atoms with van der Waals surface area (Å²) in [5, 5.41) is 2.38. The van der Waals surface area contributed by atoms with Gasteiger partial charge in [0.1, 0.15) is 5.60 Å². The number of carbonyl (C=O) groups excluding carboxylic acids is 1. The normalized spacial score (nSPS) is 12.1. The second-order valence-electron chi connectivity index (χ2n) is 5.50. The van der Waals surface area contributed by atoms with Crippen molar-refractivity contribution < 1.29 is 22.7 Å². The van der Waals surface area contributed by atoms with Crippen LogP contribution in [0, 0.1) is 0 Å². The van der Waals surface area contributed by atoms with E-state index in [1.54, 1.807) is 20.8 Å². The van der Waals surface area contributed by atoms with Gasteiger partial charge >= 0.3 is 12.3 Å². The minimum absolute atomic E-state index is 0.0391. The van der Waals surface area contributed by atoms with Gasteiger partial charge in [-0.25, -0.2) is 4.79 Å². The Hall–Kier alpha value is -1.51. The molecule has 9 heteroatoms. The van der Waals surface area contributed by atoms with Gasteiger partial charge in [0.15, 0.2) is 0 Å². The van der Waals surface area contributed by atoms with Crippen molar-refractivity contribution in [2.24, 2.45) is 0 Å². The van der Waals surface area contributed by atoms with Crippen molar-refractivity contribution in [1.29, 1.82) is 0 Å². The quantitative estimate of drug-likeness (QED) is 0.870. The highest BCUT2D eigenvalue weighted by molar-refractivity contribution is 9.10. The third-order valence-electron chi connectivity index (χ3n) is 2.39. The third kappa shape index (κ3) is 5.70. The highest BCUT2D eigenvalue weighted by Crippen LogP contribution is 2.29. The maximum absolute atomic E-state index is 12.7. The molecule has 0 spiro atoms. The van der Waals surface area contributed by atoms with Crippen molar-refractivity contribution >= 4 is 22.0 Å². The number of carbonyl (C=O) groups is 1. The number of hydrogen-bond donors (Lipinski definition) is 1. The summed E-state index contributed by atoms with van der Waals surface area (Å²) < 4.78 is 43.7. The second-order valence-corrected chi connectivity index (χ2v) is 6.36. The smallest absolute Gasteiger partial charge is 0.417 e. The molecule has 0 bridgehead atoms. The first-order valence-electron chi connectivity index (χ1n) is 6.34. The number of halogens is 4. The van der Waals surface area contributed by atoms with Crippen molar-refractivity contribution in [3.05, 3.63) is 32.7 Å². The Labute approximate surface area is 133 Å². The Balaban J connectivity index is 2.76. The summed E-state index contributed by atoms with van der Waals surface area (Å²) in [7, 11) is 0. The molecule has 1 heterocycles. The second kappa shape index (κ2) is 6.72. The van der Waals surface area contributed by atoms with Gasteiger partial charge in [0, 0.05) is 19.3 Å². The summed E-state index contributed by atoms with van der Waals surface area (Å²) in [6, 6.07) is 0.722. The molecule has 0 aliphatic rings. The number of hydrogen-bond acceptors (Lipinski definition) is 3. The first kappa shape index (κ1) is 18.5. The summed E-state index contributed by atoms with van der Waals surface area (Å²) in [5.74, 6) is 0. The summed E-state index contributed by atoms with van der Waals surface area (Å²) in [6.45, 7) is 4.89. The van der Waals surface area contributed by atoms with Gasteiger partial charge in [-0.2, -0.15) is 13.2 Å². The summed E-state index contributed by atoms with van der Waals surface area (Å²) in [6.07, 6.45) is -4.55. The number of amides is 1. The minimum atomic E-state index is -4.56. The van der Waals surface area contributed by atoms with E-state index < -0.39 is 29.0 Å². The van der Waals surface area contributed by atoms with Crippen LogP contribution in [0.3, 0.4) is 0 Å². The first-order valence-corrected chi connectivity index (χ1v) is 7.13. The molecule has 0 aliphatic heterocycles. The molecule has 0 unspecified atom stereocenters. The first-order chi connectivity index (χ1) is 9.90. The molecule has 1 N–H and O–H groups in total. The van der Waals surface area contributed by atoms with Crippen LogP contribution in [0.5, 0.6) is 0 Å². The summed E-state index contributed by atoms with van der Waals surface area (Å²) in [4.78, 5) is 23.2. The van der Waals surface area contributed by atoms with E-state index >= 15 is 0 Å². The van der Waals surface area contributed by atoms with E-state index in [9.17, 15) is 22.8 Å². The number of ether oxygens (including phenoxy) is 1. The molecule has 0 aliphatic carbocycles. The maximum Gasteiger partial charge on any atom is 0.417 e. The van der Waals surface area contributed by atoms with Gasteiger partial charge in [0.25, 0.3) is 5.56 Å². The summed E-state index contributed by atoms with van der Waals surface area (Å²) >= 11 is 2.80. The number of nitrogens with zero attached hydrogens (tertiary/aromatic N) is 1. The molecule has 0 atom stereocenters. The molecule has 0 saturated carbocycles. The van der Waals surface area contributed by atoms with Gasteiger partial charge in [0.2, 0.25) is 0 Å². The lowest BCUT2D eigenvalue weighted by atomic mass is 10.2. The van der Waals surface area contributed by atoms with Crippen LogP contribution >= 0.6 is 15.9 Å². The zero-order chi connectivity index (χ0) is 17.1. The molecule has 1 aromatic heterocycles. The van der Waals surface area contributed by atoms with Gasteiger partial charge in [0.05, 0.1) is 10.0 Å². The van der Waals surface area contributed by atoms with Gasteiger partial charge in [-0.05, 0) is 42.8 Å². The Morgan fingerprint density at radius 3 is 2.45 bits per heavy atom. The predicted molar refractivity (Wildman–Crippen MR) is 77.6 cm³/mol. The van der Waals surface area contributed by atoms with Crippen LogP contribution in [-0.2, 0) is 17.5 Å². The van der Waals surface area contributed by atoms with Crippen LogP contribution in [0.15, 0.2) is 21.5 Å². The lowest BCUT2D eigenvalue weighted by molar-refractivity contribution is -0.138. The Kier molecular flexibility index (Phi) is 5.66. The SMILES string of the molecule is CC(C)(C)OC(=O)NCCn1cc(C(F)(F)F)cc(Br)c1=O. The minimum Gasteiger partial charge on any atom is -0.444 e. The number of alkyl carbamates (subject to hydrolysis) is 1. The van der Waals surface area contributed by atoms with E-state index in [2.05, 4.69) is 21.2 Å². The fraction of sp³-hybridized carbons (Fsp3) is 0.538. The lowest BCUT2D eigenvalue weighted by Gasteiger charge is -2.19. The molecule has 22 heavy (non-hydrogen) atoms. The number of alkyl halides is 3. The number of nitrogens with one attached hydrogen (secondary N) is 1. The fourth-order valence-corrected chi connectivity index (χ4v) is 1.99. The van der Waals surface area contributed by atoms with E-state index in [1.807, 2.05) is 0 Å². The zero-order valence-electron chi connectivity index (χ0n) is 12.3. The topological polar surface area (TPSA) is 60.3 Å². The molecule has 0 aromatic carbocycles. The highest BCUT2D eigenvalue weighted by Gasteiger charge is 2.32. The van der Waals surface area contributed by atoms with Crippen molar-refractivity contribution in [1.82, 2.24) is 9.88 Å². The van der Waals surface area contributed by atoms with Crippen LogP contribution < -0.4 is 10.9 Å². The van der Waals surface area contributed by atoms with Crippen LogP contribution in [0.4, 0.5) is 18.0 Å². The van der Waals surface area contributed by atoms with Crippen molar-refractivity contribution in [3.8, 4) is 0 Å². The molecule has 0 fully saturated rings. The monoisotopic (exact) mass is 384 g/mol. The molecular weight excluding hydrogens is 369 g/mol. The Bertz CT molecular complexity index is 606. The molecular formula is C13H16BrF3N2O3. The molecule has 1 aromatic rings. The standard InChI is InChI=1S/C13H16BrF3N2O3/c1-12(2,3)22-11(21)18-4-5-19-7-8(13(15,16)17)6-9(14)10(19)20/h6-7H,4-5H2,1-3H3,(H,18,21). The van der Waals surface area contributed by atoms with E-state index in [-0.39, 0.29) is 17.6 Å². The number of rotatable bonds is 3. The predicted octanol–water partition coefficient (Wildman–Crippen LogP) is 3.15. The largest absolute Gasteiger partial charge is 0.444 e. The molecule has 5 nitrogen and oxygen atoms in total. The molecule has 124 valence electrons. The zero-order valence-corrected chi connectivity index (χ0v) is 13.8. The molecule has 0 radical (unpaired) electrons. The Morgan fingerprint density at radius 2 is 1.95 bits per heavy atom. The van der Waals surface area contributed by atoms with E-state index in [0.717, 1.165) is 10.6 Å². The number of pyridine rings is 1. The van der Waals surface area contributed by atoms with Gasteiger partial charge in [-0.3, -0.25) is 4.79 Å². The third-order valence-corrected chi connectivity index (χ3v) is 2.96. The maximum atomic E-state index is 12.7. The van der Waals surface area contributed by atoms with Crippen molar-refractivity contribution in [2.45, 2.75) is 39.1 Å². The molecule has 0 saturated heterocycles. The van der Waals surface area contributed by atoms with Crippen LogP contribution in [0.1, 0.15) is 26.3 Å². The van der Waals surface area contributed by atoms with E-state index in [0.29, 0.717) is 6.20 Å².